The van der Waals surface area contributed by atoms with Crippen molar-refractivity contribution in [1.29, 1.82) is 0 Å². The molecule has 0 radical (unpaired) electrons. The smallest absolute Gasteiger partial charge is 0.226 e. The summed E-state index contributed by atoms with van der Waals surface area (Å²) in [5, 5.41) is 0. The lowest BCUT2D eigenvalue weighted by Gasteiger charge is -2.44. The van der Waals surface area contributed by atoms with Gasteiger partial charge in [-0.1, -0.05) is 6.07 Å². The van der Waals surface area contributed by atoms with Crippen LogP contribution in [0.15, 0.2) is 24.4 Å². The summed E-state index contributed by atoms with van der Waals surface area (Å²) in [4.78, 5) is 23.3. The first kappa shape index (κ1) is 19.4. The fourth-order valence-corrected chi connectivity index (χ4v) is 4.20. The molecule has 3 heterocycles. The topological polar surface area (TPSA) is 99.8 Å². The standard InChI is InChI=1S/C21H26N4O4/c1-27-16-4-3-14(11-17(16)28-2)12-18(26)25-8-6-21(7-9-25)19-15(5-10-29-21)13-23-20(22)24-19/h3-4,11,13H,5-10,12H2,1-2H3,(H2,22,23,24). The Morgan fingerprint density at radius 1 is 1.24 bits per heavy atom. The van der Waals surface area contributed by atoms with Gasteiger partial charge in [-0.15, -0.1) is 0 Å². The summed E-state index contributed by atoms with van der Waals surface area (Å²) in [5.41, 5.74) is 8.23. The van der Waals surface area contributed by atoms with E-state index in [-0.39, 0.29) is 11.9 Å². The van der Waals surface area contributed by atoms with E-state index in [1.807, 2.05) is 23.1 Å². The summed E-state index contributed by atoms with van der Waals surface area (Å²) in [7, 11) is 3.18. The lowest BCUT2D eigenvalue weighted by Crippen LogP contribution is -2.49. The first-order valence-corrected chi connectivity index (χ1v) is 9.79. The third kappa shape index (κ3) is 3.72. The van der Waals surface area contributed by atoms with Crippen molar-refractivity contribution in [1.82, 2.24) is 14.9 Å². The summed E-state index contributed by atoms with van der Waals surface area (Å²) in [6.07, 6.45) is 4.32. The molecule has 0 bridgehead atoms. The van der Waals surface area contributed by atoms with Gasteiger partial charge in [-0.2, -0.15) is 0 Å². The quantitative estimate of drug-likeness (QED) is 0.837. The molecule has 8 nitrogen and oxygen atoms in total. The predicted molar refractivity (Wildman–Crippen MR) is 107 cm³/mol. The van der Waals surface area contributed by atoms with Gasteiger partial charge in [0.15, 0.2) is 11.5 Å². The number of carbonyl (C=O) groups is 1. The Labute approximate surface area is 170 Å². The van der Waals surface area contributed by atoms with Crippen molar-refractivity contribution >= 4 is 11.9 Å². The summed E-state index contributed by atoms with van der Waals surface area (Å²) in [6, 6.07) is 5.57. The molecule has 154 valence electrons. The number of fused-ring (bicyclic) bond motifs is 2. The van der Waals surface area contributed by atoms with Crippen LogP contribution in [0.3, 0.4) is 0 Å². The highest BCUT2D eigenvalue weighted by Crippen LogP contribution is 2.40. The van der Waals surface area contributed by atoms with Crippen LogP contribution < -0.4 is 15.2 Å². The van der Waals surface area contributed by atoms with Crippen LogP contribution in [-0.4, -0.2) is 54.7 Å². The van der Waals surface area contributed by atoms with Gasteiger partial charge < -0.3 is 24.8 Å². The van der Waals surface area contributed by atoms with Crippen LogP contribution in [0.1, 0.15) is 29.7 Å². The minimum atomic E-state index is -0.468. The van der Waals surface area contributed by atoms with Gasteiger partial charge in [0.1, 0.15) is 5.60 Å². The molecule has 4 rings (SSSR count). The fourth-order valence-electron chi connectivity index (χ4n) is 4.20. The second-order valence-electron chi connectivity index (χ2n) is 7.44. The number of benzene rings is 1. The van der Waals surface area contributed by atoms with Gasteiger partial charge in [0.25, 0.3) is 0 Å². The minimum Gasteiger partial charge on any atom is -0.493 e. The molecule has 0 atom stereocenters. The fraction of sp³-hybridized carbons (Fsp3) is 0.476. The van der Waals surface area contributed by atoms with Gasteiger partial charge in [0.2, 0.25) is 11.9 Å². The predicted octanol–water partition coefficient (Wildman–Crippen LogP) is 1.71. The highest BCUT2D eigenvalue weighted by Gasteiger charge is 2.43. The summed E-state index contributed by atoms with van der Waals surface area (Å²) in [5.74, 6) is 1.63. The Morgan fingerprint density at radius 3 is 2.72 bits per heavy atom. The van der Waals surface area contributed by atoms with E-state index in [0.717, 1.165) is 23.2 Å². The molecule has 1 aromatic carbocycles. The van der Waals surface area contributed by atoms with Crippen molar-refractivity contribution in [2.75, 3.05) is 39.6 Å². The number of rotatable bonds is 4. The van der Waals surface area contributed by atoms with Crippen LogP contribution in [-0.2, 0) is 28.0 Å². The van der Waals surface area contributed by atoms with E-state index in [2.05, 4.69) is 9.97 Å². The summed E-state index contributed by atoms with van der Waals surface area (Å²) < 4.78 is 16.8. The maximum atomic E-state index is 12.9. The number of carbonyl (C=O) groups excluding carboxylic acids is 1. The van der Waals surface area contributed by atoms with E-state index in [1.165, 1.54) is 0 Å². The SMILES string of the molecule is COc1ccc(CC(=O)N2CCC3(CC2)OCCc2cnc(N)nc23)cc1OC. The first-order chi connectivity index (χ1) is 14.0. The average molecular weight is 398 g/mol. The van der Waals surface area contributed by atoms with Crippen LogP contribution in [0.4, 0.5) is 5.95 Å². The van der Waals surface area contributed by atoms with Crippen LogP contribution in [0.25, 0.3) is 0 Å². The monoisotopic (exact) mass is 398 g/mol. The Kier molecular flexibility index (Phi) is 5.27. The van der Waals surface area contributed by atoms with E-state index in [9.17, 15) is 4.79 Å². The van der Waals surface area contributed by atoms with Gasteiger partial charge >= 0.3 is 0 Å². The summed E-state index contributed by atoms with van der Waals surface area (Å²) in [6.45, 7) is 1.88. The van der Waals surface area contributed by atoms with Gasteiger partial charge in [-0.3, -0.25) is 4.79 Å². The number of nitrogens with two attached hydrogens (primary N) is 1. The van der Waals surface area contributed by atoms with Crippen LogP contribution >= 0.6 is 0 Å². The van der Waals surface area contributed by atoms with E-state index < -0.39 is 5.60 Å². The third-order valence-electron chi connectivity index (χ3n) is 5.79. The number of piperidine rings is 1. The van der Waals surface area contributed by atoms with Crippen molar-refractivity contribution in [3.8, 4) is 11.5 Å². The Bertz CT molecular complexity index is 910. The number of nitrogens with zero attached hydrogens (tertiary/aromatic N) is 3. The molecule has 0 unspecified atom stereocenters. The van der Waals surface area contributed by atoms with Crippen molar-refractivity contribution in [2.45, 2.75) is 31.3 Å². The average Bonchev–Trinajstić information content (AvgIpc) is 2.75. The number of hydrogen-bond donors (Lipinski definition) is 1. The van der Waals surface area contributed by atoms with Crippen molar-refractivity contribution < 1.29 is 19.0 Å². The number of aromatic nitrogens is 2. The molecule has 0 aliphatic carbocycles. The van der Waals surface area contributed by atoms with Crippen LogP contribution in [0, 0.1) is 0 Å². The maximum absolute atomic E-state index is 12.9. The molecule has 1 amide bonds. The molecule has 2 aliphatic rings. The molecular weight excluding hydrogens is 372 g/mol. The second kappa shape index (κ2) is 7.87. The van der Waals surface area contributed by atoms with E-state index >= 15 is 0 Å². The summed E-state index contributed by atoms with van der Waals surface area (Å²) >= 11 is 0. The molecule has 8 heteroatoms. The highest BCUT2D eigenvalue weighted by atomic mass is 16.5. The molecule has 1 fully saturated rings. The molecule has 1 saturated heterocycles. The van der Waals surface area contributed by atoms with Crippen LogP contribution in [0.2, 0.25) is 0 Å². The zero-order valence-corrected chi connectivity index (χ0v) is 16.8. The largest absolute Gasteiger partial charge is 0.493 e. The molecule has 1 spiro atoms. The van der Waals surface area contributed by atoms with E-state index in [4.69, 9.17) is 19.9 Å². The molecule has 29 heavy (non-hydrogen) atoms. The zero-order valence-electron chi connectivity index (χ0n) is 16.8. The molecular formula is C21H26N4O4. The number of ether oxygens (including phenoxy) is 3. The first-order valence-electron chi connectivity index (χ1n) is 9.79. The van der Waals surface area contributed by atoms with E-state index in [0.29, 0.717) is 50.5 Å². The molecule has 2 aromatic rings. The number of amides is 1. The van der Waals surface area contributed by atoms with Gasteiger partial charge in [0.05, 0.1) is 32.9 Å². The van der Waals surface area contributed by atoms with Crippen molar-refractivity contribution in [3.05, 3.63) is 41.2 Å². The van der Waals surface area contributed by atoms with Gasteiger partial charge in [-0.05, 0) is 42.5 Å². The molecule has 0 saturated carbocycles. The lowest BCUT2D eigenvalue weighted by molar-refractivity contribution is -0.140. The van der Waals surface area contributed by atoms with Gasteiger partial charge in [0, 0.05) is 19.3 Å². The highest BCUT2D eigenvalue weighted by molar-refractivity contribution is 5.79. The number of methoxy groups -OCH3 is 2. The zero-order chi connectivity index (χ0) is 20.4. The van der Waals surface area contributed by atoms with Crippen molar-refractivity contribution in [3.63, 3.8) is 0 Å². The Balaban J connectivity index is 1.44. The number of likely N-dealkylation sites (tertiary alicyclic amines) is 1. The second-order valence-corrected chi connectivity index (χ2v) is 7.44. The Morgan fingerprint density at radius 2 is 2.00 bits per heavy atom. The number of nitrogen functional groups attached to an aromatic ring is 1. The van der Waals surface area contributed by atoms with E-state index in [1.54, 1.807) is 20.4 Å². The van der Waals surface area contributed by atoms with Gasteiger partial charge in [-0.25, -0.2) is 9.97 Å². The lowest BCUT2D eigenvalue weighted by atomic mass is 9.83. The normalized spacial score (nSPS) is 17.7. The molecule has 1 aromatic heterocycles. The molecule has 2 aliphatic heterocycles. The Hall–Kier alpha value is -2.87. The third-order valence-corrected chi connectivity index (χ3v) is 5.79. The number of hydrogen-bond acceptors (Lipinski definition) is 7. The maximum Gasteiger partial charge on any atom is 0.226 e. The number of anilines is 1. The minimum absolute atomic E-state index is 0.0882. The van der Waals surface area contributed by atoms with Crippen LogP contribution in [0.5, 0.6) is 11.5 Å². The van der Waals surface area contributed by atoms with Crippen molar-refractivity contribution in [2.24, 2.45) is 0 Å². The molecule has 2 N–H and O–H groups in total.